The van der Waals surface area contributed by atoms with E-state index < -0.39 is 0 Å². The molecule has 0 unspecified atom stereocenters. The van der Waals surface area contributed by atoms with Gasteiger partial charge in [0.2, 0.25) is 5.69 Å². The van der Waals surface area contributed by atoms with Crippen molar-refractivity contribution in [3.8, 4) is 11.5 Å². The summed E-state index contributed by atoms with van der Waals surface area (Å²) in [6, 6.07) is 29.9. The van der Waals surface area contributed by atoms with E-state index in [4.69, 9.17) is 15.2 Å². The molecule has 5 aromatic carbocycles. The van der Waals surface area contributed by atoms with Crippen LogP contribution in [0.1, 0.15) is 82.3 Å². The van der Waals surface area contributed by atoms with Gasteiger partial charge in [0.25, 0.3) is 5.91 Å². The number of hydrogen-bond acceptors (Lipinski definition) is 6. The topological polar surface area (TPSA) is 79.8 Å². The number of carbonyl (C=O) groups is 1. The van der Waals surface area contributed by atoms with E-state index in [1.54, 1.807) is 26.0 Å². The number of thioether (sulfide) groups is 1. The zero-order chi connectivity index (χ0) is 43.1. The largest absolute Gasteiger partial charge is 1.00 e. The summed E-state index contributed by atoms with van der Waals surface area (Å²) in [4.78, 5) is 17.6. The Morgan fingerprint density at radius 3 is 2.11 bits per heavy atom. The van der Waals surface area contributed by atoms with Crippen molar-refractivity contribution in [2.75, 3.05) is 45.3 Å². The summed E-state index contributed by atoms with van der Waals surface area (Å²) in [6.45, 7) is 16.5. The van der Waals surface area contributed by atoms with Crippen LogP contribution in [0.4, 0.5) is 11.4 Å². The average molecular weight is 959 g/mol. The maximum absolute atomic E-state index is 12.8. The molecule has 3 N–H and O–H groups in total. The molecule has 3 aliphatic rings. The van der Waals surface area contributed by atoms with Crippen LogP contribution in [0, 0.1) is 0 Å². The summed E-state index contributed by atoms with van der Waals surface area (Å²) in [5.41, 5.74) is 16.4. The Morgan fingerprint density at radius 1 is 0.823 bits per heavy atom. The first-order chi connectivity index (χ1) is 29.4. The van der Waals surface area contributed by atoms with Crippen molar-refractivity contribution in [3.05, 3.63) is 148 Å². The summed E-state index contributed by atoms with van der Waals surface area (Å²) in [6.07, 6.45) is 12.6. The van der Waals surface area contributed by atoms with E-state index in [0.29, 0.717) is 18.7 Å². The number of anilines is 1. The second kappa shape index (κ2) is 18.5. The number of ether oxygens (including phenoxy) is 2. The molecule has 0 fully saturated rings. The maximum Gasteiger partial charge on any atom is 0.251 e. The van der Waals surface area contributed by atoms with Crippen molar-refractivity contribution in [2.24, 2.45) is 5.73 Å². The molecule has 322 valence electrons. The number of hydrogen-bond donors (Lipinski definition) is 2. The number of fused-ring (bicyclic) bond motifs is 6. The lowest BCUT2D eigenvalue weighted by Crippen LogP contribution is -3.00. The molecular formula is C53H59IN4O3S. The molecule has 5 aromatic rings. The number of halogens is 1. The molecule has 0 saturated carbocycles. The van der Waals surface area contributed by atoms with E-state index in [1.165, 1.54) is 71.5 Å². The van der Waals surface area contributed by atoms with Crippen molar-refractivity contribution < 1.29 is 42.8 Å². The number of methoxy groups -OCH3 is 2. The SMILES string of the molecule is CCN1C(=CC=C2CCCC(C=CC3=[N+](CC)c4ccc5cc(OC)ccc5c4C3(C)C)=C2Sc2ccc(C(=O)NCCN)cc2)C(C)(C)c2c1ccc1cc(OC)ccc21.[I-]. The van der Waals surface area contributed by atoms with Gasteiger partial charge in [-0.3, -0.25) is 4.79 Å². The smallest absolute Gasteiger partial charge is 0.251 e. The van der Waals surface area contributed by atoms with E-state index in [9.17, 15) is 4.79 Å². The second-order valence-corrected chi connectivity index (χ2v) is 18.3. The zero-order valence-electron chi connectivity index (χ0n) is 37.3. The van der Waals surface area contributed by atoms with E-state index in [0.717, 1.165) is 48.7 Å². The van der Waals surface area contributed by atoms with Gasteiger partial charge in [0.05, 0.1) is 19.6 Å². The maximum atomic E-state index is 12.8. The minimum absolute atomic E-state index is 0. The number of likely N-dealkylation sites (N-methyl/N-ethyl adjacent to an activating group) is 1. The molecule has 8 rings (SSSR count). The van der Waals surface area contributed by atoms with Gasteiger partial charge in [-0.25, -0.2) is 0 Å². The number of nitrogens with zero attached hydrogens (tertiary/aromatic N) is 2. The predicted molar refractivity (Wildman–Crippen MR) is 255 cm³/mol. The van der Waals surface area contributed by atoms with Crippen LogP contribution in [0.3, 0.4) is 0 Å². The van der Waals surface area contributed by atoms with Gasteiger partial charge in [-0.1, -0.05) is 56.0 Å². The van der Waals surface area contributed by atoms with Gasteiger partial charge in [-0.05, 0) is 152 Å². The number of carbonyl (C=O) groups excluding carboxylic acids is 1. The van der Waals surface area contributed by atoms with Crippen LogP contribution in [0.5, 0.6) is 11.5 Å². The van der Waals surface area contributed by atoms with E-state index >= 15 is 0 Å². The highest BCUT2D eigenvalue weighted by Gasteiger charge is 2.45. The fraction of sp³-hybridized carbons (Fsp3) is 0.321. The zero-order valence-corrected chi connectivity index (χ0v) is 40.3. The van der Waals surface area contributed by atoms with Crippen LogP contribution in [-0.2, 0) is 10.8 Å². The molecule has 2 aliphatic heterocycles. The Balaban J connectivity index is 0.00000578. The Labute approximate surface area is 388 Å². The third-order valence-electron chi connectivity index (χ3n) is 12.9. The van der Waals surface area contributed by atoms with Crippen LogP contribution in [0.15, 0.2) is 136 Å². The summed E-state index contributed by atoms with van der Waals surface area (Å²) >= 11 is 1.80. The quantitative estimate of drug-likeness (QED) is 0.0966. The predicted octanol–water partition coefficient (Wildman–Crippen LogP) is 8.51. The lowest BCUT2D eigenvalue weighted by Gasteiger charge is -2.27. The van der Waals surface area contributed by atoms with Crippen molar-refractivity contribution >= 4 is 56.3 Å². The minimum atomic E-state index is -0.218. The molecule has 1 aliphatic carbocycles. The molecule has 0 saturated heterocycles. The van der Waals surface area contributed by atoms with Crippen LogP contribution in [-0.4, -0.2) is 56.6 Å². The molecule has 62 heavy (non-hydrogen) atoms. The fourth-order valence-corrected chi connectivity index (χ4v) is 11.0. The van der Waals surface area contributed by atoms with Crippen molar-refractivity contribution in [1.29, 1.82) is 0 Å². The molecular weight excluding hydrogens is 900 g/mol. The number of nitrogens with two attached hydrogens (primary N) is 1. The Kier molecular flexibility index (Phi) is 13.5. The van der Waals surface area contributed by atoms with Crippen molar-refractivity contribution in [1.82, 2.24) is 5.32 Å². The highest BCUT2D eigenvalue weighted by Crippen LogP contribution is 2.52. The lowest BCUT2D eigenvalue weighted by molar-refractivity contribution is -0.433. The van der Waals surface area contributed by atoms with E-state index in [1.807, 2.05) is 12.1 Å². The summed E-state index contributed by atoms with van der Waals surface area (Å²) in [7, 11) is 3.45. The lowest BCUT2D eigenvalue weighted by atomic mass is 9.78. The average Bonchev–Trinajstić information content (AvgIpc) is 3.64. The van der Waals surface area contributed by atoms with Gasteiger partial charge in [0, 0.05) is 69.5 Å². The highest BCUT2D eigenvalue weighted by molar-refractivity contribution is 8.03. The van der Waals surface area contributed by atoms with Gasteiger partial charge in [-0.15, -0.1) is 0 Å². The van der Waals surface area contributed by atoms with Crippen LogP contribution in [0.2, 0.25) is 0 Å². The van der Waals surface area contributed by atoms with E-state index in [-0.39, 0.29) is 40.7 Å². The Bertz CT molecular complexity index is 2710. The molecule has 9 heteroatoms. The standard InChI is InChI=1S/C53H58N4O3S.HI/c1-9-56-44-26-16-37-32-39(59-7)20-24-42(37)48(44)52(3,4)46(56)28-18-34-12-11-13-35(50(34)61-41-22-14-36(15-23-41)51(58)55-31-30-54)19-29-47-53(5,6)49-43-25-21-40(60-8)33-38(43)17-27-45(49)57(47)10-2;/h14-29,32-33H,9-13,30-31,54H2,1-8H3;1H. The van der Waals surface area contributed by atoms with Crippen LogP contribution >= 0.6 is 11.8 Å². The third-order valence-corrected chi connectivity index (χ3v) is 14.1. The van der Waals surface area contributed by atoms with Gasteiger partial charge in [-0.2, -0.15) is 4.58 Å². The first-order valence-corrected chi connectivity index (χ1v) is 22.5. The fourth-order valence-electron chi connectivity index (χ4n) is 9.87. The molecule has 0 spiro atoms. The summed E-state index contributed by atoms with van der Waals surface area (Å²) in [5, 5.41) is 7.81. The Hall–Kier alpha value is -4.84. The first-order valence-electron chi connectivity index (χ1n) is 21.7. The number of nitrogens with one attached hydrogen (secondary N) is 1. The third kappa shape index (κ3) is 8.12. The minimum Gasteiger partial charge on any atom is -1.00 e. The van der Waals surface area contributed by atoms with Gasteiger partial charge in [0.1, 0.15) is 18.0 Å². The van der Waals surface area contributed by atoms with Crippen molar-refractivity contribution in [3.63, 3.8) is 0 Å². The number of benzene rings is 5. The molecule has 2 heterocycles. The monoisotopic (exact) mass is 958 g/mol. The summed E-state index contributed by atoms with van der Waals surface area (Å²) in [5.74, 6) is 1.64. The summed E-state index contributed by atoms with van der Waals surface area (Å²) < 4.78 is 13.7. The molecule has 0 atom stereocenters. The van der Waals surface area contributed by atoms with Crippen LogP contribution < -0.4 is 49.4 Å². The highest BCUT2D eigenvalue weighted by atomic mass is 127. The number of rotatable bonds is 12. The second-order valence-electron chi connectivity index (χ2n) is 17.2. The molecule has 0 aromatic heterocycles. The number of amides is 1. The molecule has 7 nitrogen and oxygen atoms in total. The van der Waals surface area contributed by atoms with Crippen molar-refractivity contribution in [2.45, 2.75) is 76.5 Å². The molecule has 0 radical (unpaired) electrons. The van der Waals surface area contributed by atoms with Crippen LogP contribution in [0.25, 0.3) is 21.5 Å². The van der Waals surface area contributed by atoms with E-state index in [2.05, 4.69) is 153 Å². The number of allylic oxidation sites excluding steroid dienone is 7. The Morgan fingerprint density at radius 2 is 1.48 bits per heavy atom. The molecule has 0 bridgehead atoms. The van der Waals surface area contributed by atoms with Gasteiger partial charge >= 0.3 is 0 Å². The first kappa shape index (κ1) is 45.2. The normalized spacial score (nSPS) is 17.9. The van der Waals surface area contributed by atoms with Gasteiger partial charge in [0.15, 0.2) is 5.71 Å². The van der Waals surface area contributed by atoms with Gasteiger partial charge < -0.3 is 49.4 Å². The molecule has 1 amide bonds.